The first-order chi connectivity index (χ1) is 9.21. The minimum absolute atomic E-state index is 0.164. The third-order valence-corrected chi connectivity index (χ3v) is 3.79. The van der Waals surface area contributed by atoms with Crippen molar-refractivity contribution in [1.29, 1.82) is 0 Å². The number of carboxylic acids is 1. The van der Waals surface area contributed by atoms with E-state index in [0.717, 1.165) is 16.2 Å². The van der Waals surface area contributed by atoms with Crippen LogP contribution in [0, 0.1) is 0 Å². The Morgan fingerprint density at radius 3 is 2.50 bits per heavy atom. The molecular formula is C14H21NO4S. The van der Waals surface area contributed by atoms with Gasteiger partial charge in [0.1, 0.15) is 5.60 Å². The van der Waals surface area contributed by atoms with Gasteiger partial charge in [-0.1, -0.05) is 6.92 Å². The van der Waals surface area contributed by atoms with E-state index in [1.165, 1.54) is 11.3 Å². The third kappa shape index (κ3) is 5.61. The molecule has 0 fully saturated rings. The van der Waals surface area contributed by atoms with Crippen molar-refractivity contribution in [2.24, 2.45) is 0 Å². The molecule has 20 heavy (non-hydrogen) atoms. The fraction of sp³-hybridized carbons (Fsp3) is 0.571. The van der Waals surface area contributed by atoms with Gasteiger partial charge in [-0.05, 0) is 39.3 Å². The number of carbonyl (C=O) groups is 2. The van der Waals surface area contributed by atoms with Gasteiger partial charge in [-0.25, -0.2) is 4.79 Å². The molecule has 0 saturated heterocycles. The highest BCUT2D eigenvalue weighted by molar-refractivity contribution is 7.12. The number of thiophene rings is 1. The van der Waals surface area contributed by atoms with E-state index in [9.17, 15) is 9.59 Å². The zero-order valence-electron chi connectivity index (χ0n) is 12.2. The van der Waals surface area contributed by atoms with Crippen LogP contribution in [0.25, 0.3) is 0 Å². The average molecular weight is 299 g/mol. The lowest BCUT2D eigenvalue weighted by molar-refractivity contribution is -0.137. The number of hydrogen-bond acceptors (Lipinski definition) is 4. The lowest BCUT2D eigenvalue weighted by atomic mass is 10.1. The summed E-state index contributed by atoms with van der Waals surface area (Å²) in [6, 6.07) is 3.24. The number of carbonyl (C=O) groups excluding carboxylic acids is 1. The lowest BCUT2D eigenvalue weighted by Crippen LogP contribution is -2.35. The Hall–Kier alpha value is -1.56. The van der Waals surface area contributed by atoms with Crippen molar-refractivity contribution in [3.05, 3.63) is 21.9 Å². The summed E-state index contributed by atoms with van der Waals surface area (Å²) < 4.78 is 5.17. The molecule has 1 heterocycles. The number of ether oxygens (including phenoxy) is 1. The lowest BCUT2D eigenvalue weighted by Gasteiger charge is -2.22. The maximum Gasteiger partial charge on any atom is 0.408 e. The molecule has 1 rings (SSSR count). The standard InChI is InChI=1S/C14H21NO4S/c1-5-9-6-7-11(20-9)10(8-12(16)17)15-13(18)19-14(2,3)4/h6-7,10H,5,8H2,1-4H3,(H,15,18)(H,16,17)/t10-/m1/s1. The molecular weight excluding hydrogens is 278 g/mol. The van der Waals surface area contributed by atoms with E-state index < -0.39 is 23.7 Å². The normalized spacial score (nSPS) is 12.8. The summed E-state index contributed by atoms with van der Waals surface area (Å²) in [6.45, 7) is 7.32. The van der Waals surface area contributed by atoms with Gasteiger partial charge in [-0.3, -0.25) is 4.79 Å². The molecule has 1 aromatic rings. The number of aryl methyl sites for hydroxylation is 1. The molecule has 6 heteroatoms. The van der Waals surface area contributed by atoms with Gasteiger partial charge in [0.05, 0.1) is 12.5 Å². The Kier molecular flexibility index (Phi) is 5.56. The monoisotopic (exact) mass is 299 g/mol. The highest BCUT2D eigenvalue weighted by atomic mass is 32.1. The zero-order valence-corrected chi connectivity index (χ0v) is 13.0. The van der Waals surface area contributed by atoms with E-state index in [0.29, 0.717) is 0 Å². The quantitative estimate of drug-likeness (QED) is 0.874. The molecule has 0 aliphatic carbocycles. The Balaban J connectivity index is 2.79. The smallest absolute Gasteiger partial charge is 0.408 e. The number of aliphatic carboxylic acids is 1. The van der Waals surface area contributed by atoms with Crippen molar-refractivity contribution >= 4 is 23.4 Å². The molecule has 1 aromatic heterocycles. The summed E-state index contributed by atoms with van der Waals surface area (Å²) in [5, 5.41) is 11.6. The molecule has 1 atom stereocenters. The van der Waals surface area contributed by atoms with Crippen LogP contribution in [0.4, 0.5) is 4.79 Å². The van der Waals surface area contributed by atoms with Crippen LogP contribution in [0.1, 0.15) is 49.9 Å². The predicted molar refractivity (Wildman–Crippen MR) is 78.1 cm³/mol. The number of alkyl carbamates (subject to hydrolysis) is 1. The molecule has 0 aliphatic heterocycles. The highest BCUT2D eigenvalue weighted by Crippen LogP contribution is 2.26. The van der Waals surface area contributed by atoms with Crippen molar-refractivity contribution in [3.63, 3.8) is 0 Å². The molecule has 0 aliphatic rings. The fourth-order valence-corrected chi connectivity index (χ4v) is 2.62. The van der Waals surface area contributed by atoms with E-state index in [1.54, 1.807) is 20.8 Å². The number of hydrogen-bond donors (Lipinski definition) is 2. The minimum atomic E-state index is -0.961. The first kappa shape index (κ1) is 16.5. The summed E-state index contributed by atoms with van der Waals surface area (Å²) in [6.07, 6.45) is 0.120. The summed E-state index contributed by atoms with van der Waals surface area (Å²) in [5.74, 6) is -0.961. The van der Waals surface area contributed by atoms with Crippen molar-refractivity contribution < 1.29 is 19.4 Å². The van der Waals surface area contributed by atoms with Gasteiger partial charge in [-0.2, -0.15) is 0 Å². The molecule has 0 spiro atoms. The van der Waals surface area contributed by atoms with Gasteiger partial charge in [0.2, 0.25) is 0 Å². The Labute approximate surface area is 123 Å². The molecule has 5 nitrogen and oxygen atoms in total. The van der Waals surface area contributed by atoms with E-state index >= 15 is 0 Å². The molecule has 0 bridgehead atoms. The minimum Gasteiger partial charge on any atom is -0.481 e. The fourth-order valence-electron chi connectivity index (χ4n) is 1.62. The molecule has 1 amide bonds. The molecule has 112 valence electrons. The average Bonchev–Trinajstić information content (AvgIpc) is 2.73. The van der Waals surface area contributed by atoms with Crippen LogP contribution in [0.15, 0.2) is 12.1 Å². The highest BCUT2D eigenvalue weighted by Gasteiger charge is 2.23. The Morgan fingerprint density at radius 2 is 2.05 bits per heavy atom. The van der Waals surface area contributed by atoms with Crippen molar-refractivity contribution in [1.82, 2.24) is 5.32 Å². The second kappa shape index (κ2) is 6.74. The number of carboxylic acid groups (broad SMARTS) is 1. The summed E-state index contributed by atoms with van der Waals surface area (Å²) in [7, 11) is 0. The second-order valence-electron chi connectivity index (χ2n) is 5.45. The summed E-state index contributed by atoms with van der Waals surface area (Å²) in [5.41, 5.74) is -0.609. The largest absolute Gasteiger partial charge is 0.481 e. The molecule has 0 radical (unpaired) electrons. The van der Waals surface area contributed by atoms with Crippen LogP contribution in [-0.2, 0) is 16.0 Å². The van der Waals surface area contributed by atoms with E-state index in [2.05, 4.69) is 5.32 Å². The molecule has 0 aromatic carbocycles. The van der Waals surface area contributed by atoms with Crippen LogP contribution < -0.4 is 5.32 Å². The third-order valence-electron chi connectivity index (χ3n) is 2.44. The van der Waals surface area contributed by atoms with Gasteiger partial charge in [0.15, 0.2) is 0 Å². The van der Waals surface area contributed by atoms with Crippen LogP contribution >= 0.6 is 11.3 Å². The van der Waals surface area contributed by atoms with Crippen LogP contribution in [-0.4, -0.2) is 22.8 Å². The first-order valence-electron chi connectivity index (χ1n) is 6.51. The number of nitrogens with one attached hydrogen (secondary N) is 1. The topological polar surface area (TPSA) is 75.6 Å². The van der Waals surface area contributed by atoms with Crippen molar-refractivity contribution in [3.8, 4) is 0 Å². The summed E-state index contributed by atoms with van der Waals surface area (Å²) in [4.78, 5) is 24.7. The maximum absolute atomic E-state index is 11.8. The number of rotatable bonds is 5. The Morgan fingerprint density at radius 1 is 1.40 bits per heavy atom. The predicted octanol–water partition coefficient (Wildman–Crippen LogP) is 3.35. The zero-order chi connectivity index (χ0) is 15.3. The molecule has 0 unspecified atom stereocenters. The Bertz CT molecular complexity index is 476. The second-order valence-corrected chi connectivity index (χ2v) is 6.65. The van der Waals surface area contributed by atoms with E-state index in [-0.39, 0.29) is 6.42 Å². The van der Waals surface area contributed by atoms with Gasteiger partial charge in [0.25, 0.3) is 0 Å². The van der Waals surface area contributed by atoms with E-state index in [1.807, 2.05) is 19.1 Å². The van der Waals surface area contributed by atoms with E-state index in [4.69, 9.17) is 9.84 Å². The SMILES string of the molecule is CCc1ccc([C@@H](CC(=O)O)NC(=O)OC(C)(C)C)s1. The van der Waals surface area contributed by atoms with Gasteiger partial charge < -0.3 is 15.2 Å². The number of amides is 1. The van der Waals surface area contributed by atoms with Crippen LogP contribution in [0.5, 0.6) is 0 Å². The molecule has 0 saturated carbocycles. The van der Waals surface area contributed by atoms with Gasteiger partial charge in [0, 0.05) is 9.75 Å². The maximum atomic E-state index is 11.8. The van der Waals surface area contributed by atoms with Crippen molar-refractivity contribution in [2.75, 3.05) is 0 Å². The van der Waals surface area contributed by atoms with Crippen LogP contribution in [0.2, 0.25) is 0 Å². The van der Waals surface area contributed by atoms with Gasteiger partial charge in [-0.15, -0.1) is 11.3 Å². The van der Waals surface area contributed by atoms with Crippen molar-refractivity contribution in [2.45, 2.75) is 52.2 Å². The van der Waals surface area contributed by atoms with Crippen LogP contribution in [0.3, 0.4) is 0 Å². The van der Waals surface area contributed by atoms with Gasteiger partial charge >= 0.3 is 12.1 Å². The first-order valence-corrected chi connectivity index (χ1v) is 7.33. The summed E-state index contributed by atoms with van der Waals surface area (Å²) >= 11 is 1.51. The molecule has 2 N–H and O–H groups in total.